The molecule has 3 aliphatic carbocycles. The number of hydrogen-bond donors (Lipinski definition) is 2. The quantitative estimate of drug-likeness (QED) is 0.696. The number of fused-ring (bicyclic) bond motifs is 5. The smallest absolute Gasteiger partial charge is 0.410 e. The third-order valence-corrected chi connectivity index (χ3v) is 8.52. The van der Waals surface area contributed by atoms with Crippen LogP contribution in [0, 0.1) is 23.2 Å². The number of aliphatic hydroxyl groups is 1. The summed E-state index contributed by atoms with van der Waals surface area (Å²) in [7, 11) is 3.97. The molecule has 2 saturated carbocycles. The van der Waals surface area contributed by atoms with E-state index in [1.54, 1.807) is 0 Å². The van der Waals surface area contributed by atoms with Crippen LogP contribution in [0.15, 0.2) is 18.2 Å². The van der Waals surface area contributed by atoms with Gasteiger partial charge in [-0.25, -0.2) is 4.79 Å². The Hall–Kier alpha value is -1.59. The van der Waals surface area contributed by atoms with Gasteiger partial charge in [0.25, 0.3) is 0 Å². The van der Waals surface area contributed by atoms with Crippen molar-refractivity contribution in [1.82, 2.24) is 10.2 Å². The molecule has 0 unspecified atom stereocenters. The topological polar surface area (TPSA) is 61.8 Å². The van der Waals surface area contributed by atoms with Gasteiger partial charge < -0.3 is 20.1 Å². The monoisotopic (exact) mass is 428 g/mol. The highest BCUT2D eigenvalue weighted by molar-refractivity contribution is 5.70. The Labute approximate surface area is 187 Å². The molecule has 6 atom stereocenters. The van der Waals surface area contributed by atoms with E-state index < -0.39 is 0 Å². The molecular formula is C26H40N2O3. The Morgan fingerprint density at radius 3 is 2.84 bits per heavy atom. The molecule has 1 aromatic rings. The van der Waals surface area contributed by atoms with Crippen molar-refractivity contribution in [2.45, 2.75) is 70.8 Å². The van der Waals surface area contributed by atoms with E-state index >= 15 is 0 Å². The molecular weight excluding hydrogens is 388 g/mol. The van der Waals surface area contributed by atoms with Crippen LogP contribution < -0.4 is 10.1 Å². The zero-order valence-corrected chi connectivity index (χ0v) is 19.7. The van der Waals surface area contributed by atoms with E-state index in [1.165, 1.54) is 30.4 Å². The lowest BCUT2D eigenvalue weighted by atomic mass is 9.52. The van der Waals surface area contributed by atoms with Crippen LogP contribution in [0.5, 0.6) is 5.75 Å². The molecule has 172 valence electrons. The van der Waals surface area contributed by atoms with Crippen LogP contribution in [0.2, 0.25) is 0 Å². The van der Waals surface area contributed by atoms with E-state index in [2.05, 4.69) is 31.3 Å². The first-order valence-electron chi connectivity index (χ1n) is 12.2. The normalized spacial score (nSPS) is 34.1. The summed E-state index contributed by atoms with van der Waals surface area (Å²) in [5.41, 5.74) is 2.92. The first kappa shape index (κ1) is 22.6. The number of aliphatic hydroxyl groups excluding tert-OH is 1. The highest BCUT2D eigenvalue weighted by Crippen LogP contribution is 2.62. The molecule has 2 fully saturated rings. The van der Waals surface area contributed by atoms with Crippen LogP contribution in [-0.2, 0) is 6.42 Å². The van der Waals surface area contributed by atoms with Crippen LogP contribution in [0.3, 0.4) is 0 Å². The minimum atomic E-state index is -0.381. The molecule has 0 saturated heterocycles. The van der Waals surface area contributed by atoms with Crippen molar-refractivity contribution < 1.29 is 14.6 Å². The number of rotatable bonds is 6. The minimum absolute atomic E-state index is 0.0956. The maximum absolute atomic E-state index is 12.2. The van der Waals surface area contributed by atoms with Gasteiger partial charge in [0.05, 0.1) is 6.10 Å². The van der Waals surface area contributed by atoms with Gasteiger partial charge in [0.2, 0.25) is 0 Å². The van der Waals surface area contributed by atoms with E-state index in [0.717, 1.165) is 32.2 Å². The predicted molar refractivity (Wildman–Crippen MR) is 123 cm³/mol. The van der Waals surface area contributed by atoms with Crippen LogP contribution in [0.1, 0.15) is 69.4 Å². The van der Waals surface area contributed by atoms with Crippen LogP contribution in [0.25, 0.3) is 0 Å². The SMILES string of the molecule is CCC[C@@H]1Cc2cc(OC(=O)NCCN(C)C)ccc2[C@H]2CC[C@]3(C)[C@@H](O)CC[C@H]3[C@H]12. The molecule has 3 aliphatic rings. The molecule has 5 heteroatoms. The summed E-state index contributed by atoms with van der Waals surface area (Å²) in [4.78, 5) is 14.2. The average Bonchev–Trinajstić information content (AvgIpc) is 3.02. The van der Waals surface area contributed by atoms with Gasteiger partial charge in [0, 0.05) is 13.1 Å². The highest BCUT2D eigenvalue weighted by atomic mass is 16.6. The lowest BCUT2D eigenvalue weighted by Gasteiger charge is -2.53. The second kappa shape index (κ2) is 9.11. The maximum Gasteiger partial charge on any atom is 0.412 e. The van der Waals surface area contributed by atoms with Gasteiger partial charge in [-0.1, -0.05) is 32.8 Å². The largest absolute Gasteiger partial charge is 0.412 e. The fraction of sp³-hybridized carbons (Fsp3) is 0.731. The van der Waals surface area contributed by atoms with E-state index in [9.17, 15) is 9.90 Å². The first-order valence-corrected chi connectivity index (χ1v) is 12.2. The summed E-state index contributed by atoms with van der Waals surface area (Å²) in [5, 5.41) is 13.6. The van der Waals surface area contributed by atoms with Gasteiger partial charge in [-0.15, -0.1) is 0 Å². The Kier molecular flexibility index (Phi) is 6.64. The summed E-state index contributed by atoms with van der Waals surface area (Å²) in [6.07, 6.45) is 7.38. The van der Waals surface area contributed by atoms with E-state index in [1.807, 2.05) is 25.1 Å². The predicted octanol–water partition coefficient (Wildman–Crippen LogP) is 4.58. The number of carbonyl (C=O) groups excluding carboxylic acids is 1. The summed E-state index contributed by atoms with van der Waals surface area (Å²) >= 11 is 0. The minimum Gasteiger partial charge on any atom is -0.410 e. The number of hydrogen-bond acceptors (Lipinski definition) is 4. The summed E-state index contributed by atoms with van der Waals surface area (Å²) < 4.78 is 5.59. The number of benzene rings is 1. The standard InChI is InChI=1S/C26H40N2O3/c1-5-6-17-15-18-16-19(31-25(30)27-13-14-28(3)4)7-8-20(18)21-11-12-26(2)22(24(17)21)9-10-23(26)29/h7-8,16-17,21-24,29H,5-6,9-15H2,1-4H3,(H,27,30)/t17-,21-,22+,23+,24-,26+/m1/s1. The number of ether oxygens (including phenoxy) is 1. The Morgan fingerprint density at radius 2 is 2.10 bits per heavy atom. The zero-order valence-electron chi connectivity index (χ0n) is 19.7. The van der Waals surface area contributed by atoms with Gasteiger partial charge in [-0.05, 0) is 98.5 Å². The number of carbonyl (C=O) groups is 1. The summed E-state index contributed by atoms with van der Waals surface area (Å²) in [5.74, 6) is 3.17. The zero-order chi connectivity index (χ0) is 22.2. The molecule has 0 bridgehead atoms. The summed E-state index contributed by atoms with van der Waals surface area (Å²) in [6.45, 7) is 5.99. The van der Waals surface area contributed by atoms with Gasteiger partial charge >= 0.3 is 6.09 Å². The molecule has 0 heterocycles. The van der Waals surface area contributed by atoms with E-state index in [4.69, 9.17) is 4.74 Å². The van der Waals surface area contributed by atoms with Crippen LogP contribution >= 0.6 is 0 Å². The van der Waals surface area contributed by atoms with Crippen molar-refractivity contribution in [2.75, 3.05) is 27.2 Å². The van der Waals surface area contributed by atoms with Crippen LogP contribution in [-0.4, -0.2) is 49.4 Å². The molecule has 4 rings (SSSR count). The van der Waals surface area contributed by atoms with E-state index in [-0.39, 0.29) is 17.6 Å². The molecule has 0 aromatic heterocycles. The molecule has 2 N–H and O–H groups in total. The lowest BCUT2D eigenvalue weighted by molar-refractivity contribution is -0.0394. The van der Waals surface area contributed by atoms with Gasteiger partial charge in [0.1, 0.15) is 5.75 Å². The van der Waals surface area contributed by atoms with Crippen molar-refractivity contribution in [1.29, 1.82) is 0 Å². The van der Waals surface area contributed by atoms with Gasteiger partial charge in [-0.2, -0.15) is 0 Å². The van der Waals surface area contributed by atoms with Gasteiger partial charge in [-0.3, -0.25) is 0 Å². The fourth-order valence-corrected chi connectivity index (χ4v) is 6.98. The molecule has 0 radical (unpaired) electrons. The van der Waals surface area contributed by atoms with Crippen molar-refractivity contribution in [3.63, 3.8) is 0 Å². The molecule has 31 heavy (non-hydrogen) atoms. The Morgan fingerprint density at radius 1 is 1.29 bits per heavy atom. The van der Waals surface area contributed by atoms with Crippen LogP contribution in [0.4, 0.5) is 4.79 Å². The third kappa shape index (κ3) is 4.36. The van der Waals surface area contributed by atoms with Crippen molar-refractivity contribution in [2.24, 2.45) is 23.2 Å². The second-order valence-corrected chi connectivity index (χ2v) is 10.7. The Balaban J connectivity index is 1.53. The molecule has 1 aromatic carbocycles. The summed E-state index contributed by atoms with van der Waals surface area (Å²) in [6, 6.07) is 6.29. The van der Waals surface area contributed by atoms with Crippen molar-refractivity contribution >= 4 is 6.09 Å². The highest BCUT2D eigenvalue weighted by Gasteiger charge is 2.56. The fourth-order valence-electron chi connectivity index (χ4n) is 6.98. The number of nitrogens with one attached hydrogen (secondary N) is 1. The molecule has 5 nitrogen and oxygen atoms in total. The first-order chi connectivity index (χ1) is 14.8. The number of likely N-dealkylation sites (N-methyl/N-ethyl adjacent to an activating group) is 1. The van der Waals surface area contributed by atoms with E-state index in [0.29, 0.717) is 36.0 Å². The number of nitrogens with zero attached hydrogens (tertiary/aromatic N) is 1. The molecule has 0 aliphatic heterocycles. The van der Waals surface area contributed by atoms with Gasteiger partial charge in [0.15, 0.2) is 0 Å². The average molecular weight is 429 g/mol. The second-order valence-electron chi connectivity index (χ2n) is 10.7. The number of amides is 1. The lowest BCUT2D eigenvalue weighted by Crippen LogP contribution is -2.47. The maximum atomic E-state index is 12.2. The van der Waals surface area contributed by atoms with Crippen molar-refractivity contribution in [3.05, 3.63) is 29.3 Å². The molecule has 0 spiro atoms. The van der Waals surface area contributed by atoms with Crippen molar-refractivity contribution in [3.8, 4) is 5.75 Å². The molecule has 1 amide bonds. The third-order valence-electron chi connectivity index (χ3n) is 8.52. The Bertz CT molecular complexity index is 795.